The van der Waals surface area contributed by atoms with E-state index in [9.17, 15) is 4.79 Å². The zero-order chi connectivity index (χ0) is 18.8. The van der Waals surface area contributed by atoms with Gasteiger partial charge in [0.05, 0.1) is 13.2 Å². The van der Waals surface area contributed by atoms with Gasteiger partial charge in [-0.15, -0.1) is 0 Å². The molecule has 1 atom stereocenters. The third kappa shape index (κ3) is 3.62. The van der Waals surface area contributed by atoms with E-state index in [0.29, 0.717) is 5.92 Å². The summed E-state index contributed by atoms with van der Waals surface area (Å²) in [5, 5.41) is 3.17. The fourth-order valence-electron chi connectivity index (χ4n) is 3.79. The number of hydrogen-bond donors (Lipinski definition) is 1. The fraction of sp³-hybridized carbons (Fsp3) is 0.435. The Morgan fingerprint density at radius 3 is 2.50 bits per heavy atom. The zero-order valence-electron chi connectivity index (χ0n) is 16.5. The molecule has 1 N–H and O–H groups in total. The maximum Gasteiger partial charge on any atom is 0.252 e. The standard InChI is InChI=1S/C23H29NO2/c1-14(2)20-13-21(15(3)11-22(20)26-5)23(25)24-16(4)18-10-9-17-7-6-8-19(17)12-18/h9-14,16H,6-8H2,1-5H3,(H,24,25)/t16-/m0/s1. The molecule has 1 aliphatic rings. The van der Waals surface area contributed by atoms with Gasteiger partial charge in [-0.1, -0.05) is 32.0 Å². The number of carbonyl (C=O) groups excluding carboxylic acids is 1. The molecular weight excluding hydrogens is 322 g/mol. The lowest BCUT2D eigenvalue weighted by Crippen LogP contribution is -2.27. The Morgan fingerprint density at radius 1 is 1.08 bits per heavy atom. The van der Waals surface area contributed by atoms with Gasteiger partial charge in [0.2, 0.25) is 0 Å². The Kier molecular flexibility index (Phi) is 5.36. The van der Waals surface area contributed by atoms with Crippen LogP contribution < -0.4 is 10.1 Å². The summed E-state index contributed by atoms with van der Waals surface area (Å²) >= 11 is 0. The molecule has 1 aliphatic carbocycles. The van der Waals surface area contributed by atoms with Crippen molar-refractivity contribution in [3.63, 3.8) is 0 Å². The van der Waals surface area contributed by atoms with Crippen molar-refractivity contribution in [1.82, 2.24) is 5.32 Å². The first-order valence-corrected chi connectivity index (χ1v) is 9.51. The third-order valence-corrected chi connectivity index (χ3v) is 5.41. The lowest BCUT2D eigenvalue weighted by Gasteiger charge is -2.19. The van der Waals surface area contributed by atoms with Crippen LogP contribution in [-0.4, -0.2) is 13.0 Å². The number of rotatable bonds is 5. The predicted octanol–water partition coefficient (Wildman–Crippen LogP) is 5.11. The van der Waals surface area contributed by atoms with Crippen LogP contribution in [0, 0.1) is 6.92 Å². The van der Waals surface area contributed by atoms with Crippen LogP contribution in [0.4, 0.5) is 0 Å². The number of methoxy groups -OCH3 is 1. The Labute approximate surface area is 156 Å². The van der Waals surface area contributed by atoms with Crippen molar-refractivity contribution in [3.8, 4) is 5.75 Å². The lowest BCUT2D eigenvalue weighted by atomic mass is 9.95. The van der Waals surface area contributed by atoms with Crippen molar-refractivity contribution >= 4 is 5.91 Å². The quantitative estimate of drug-likeness (QED) is 0.813. The number of fused-ring (bicyclic) bond motifs is 1. The van der Waals surface area contributed by atoms with Crippen LogP contribution in [0.5, 0.6) is 5.75 Å². The van der Waals surface area contributed by atoms with E-state index in [4.69, 9.17) is 4.74 Å². The Balaban J connectivity index is 1.82. The van der Waals surface area contributed by atoms with Crippen molar-refractivity contribution < 1.29 is 9.53 Å². The molecule has 2 aromatic carbocycles. The normalized spacial score (nSPS) is 14.2. The Morgan fingerprint density at radius 2 is 1.81 bits per heavy atom. The molecule has 3 heteroatoms. The van der Waals surface area contributed by atoms with Crippen LogP contribution in [0.1, 0.15) is 77.3 Å². The molecule has 0 radical (unpaired) electrons. The number of benzene rings is 2. The summed E-state index contributed by atoms with van der Waals surface area (Å²) in [4.78, 5) is 12.9. The molecule has 138 valence electrons. The highest BCUT2D eigenvalue weighted by Gasteiger charge is 2.19. The summed E-state index contributed by atoms with van der Waals surface area (Å²) in [6, 6.07) is 10.5. The van der Waals surface area contributed by atoms with Gasteiger partial charge in [-0.3, -0.25) is 4.79 Å². The maximum atomic E-state index is 12.9. The van der Waals surface area contributed by atoms with Gasteiger partial charge in [-0.25, -0.2) is 0 Å². The van der Waals surface area contributed by atoms with Crippen molar-refractivity contribution in [2.75, 3.05) is 7.11 Å². The van der Waals surface area contributed by atoms with E-state index in [1.807, 2.05) is 19.1 Å². The van der Waals surface area contributed by atoms with E-state index in [-0.39, 0.29) is 11.9 Å². The molecule has 2 aromatic rings. The largest absolute Gasteiger partial charge is 0.496 e. The number of hydrogen-bond acceptors (Lipinski definition) is 2. The molecule has 0 spiro atoms. The molecule has 0 fully saturated rings. The molecule has 26 heavy (non-hydrogen) atoms. The number of carbonyl (C=O) groups is 1. The van der Waals surface area contributed by atoms with E-state index in [0.717, 1.165) is 28.9 Å². The summed E-state index contributed by atoms with van der Waals surface area (Å²) in [5.41, 5.74) is 6.79. The van der Waals surface area contributed by atoms with E-state index >= 15 is 0 Å². The van der Waals surface area contributed by atoms with Crippen LogP contribution in [0.15, 0.2) is 30.3 Å². The van der Waals surface area contributed by atoms with Gasteiger partial charge in [0.1, 0.15) is 5.75 Å². The van der Waals surface area contributed by atoms with Crippen molar-refractivity contribution in [2.45, 2.75) is 58.9 Å². The zero-order valence-corrected chi connectivity index (χ0v) is 16.5. The van der Waals surface area contributed by atoms with Crippen molar-refractivity contribution in [2.24, 2.45) is 0 Å². The topological polar surface area (TPSA) is 38.3 Å². The summed E-state index contributed by atoms with van der Waals surface area (Å²) in [7, 11) is 1.68. The summed E-state index contributed by atoms with van der Waals surface area (Å²) in [6.07, 6.45) is 3.57. The average Bonchev–Trinajstić information content (AvgIpc) is 3.08. The second-order valence-electron chi connectivity index (χ2n) is 7.64. The maximum absolute atomic E-state index is 12.9. The van der Waals surface area contributed by atoms with E-state index in [1.54, 1.807) is 7.11 Å². The molecule has 0 aromatic heterocycles. The number of aryl methyl sites for hydroxylation is 3. The molecule has 3 nitrogen and oxygen atoms in total. The first kappa shape index (κ1) is 18.5. The molecule has 1 amide bonds. The minimum Gasteiger partial charge on any atom is -0.496 e. The van der Waals surface area contributed by atoms with Gasteiger partial charge >= 0.3 is 0 Å². The van der Waals surface area contributed by atoms with Crippen LogP contribution in [0.2, 0.25) is 0 Å². The van der Waals surface area contributed by atoms with Gasteiger partial charge in [0.15, 0.2) is 0 Å². The second-order valence-corrected chi connectivity index (χ2v) is 7.64. The molecule has 0 saturated carbocycles. The average molecular weight is 351 g/mol. The Hall–Kier alpha value is -2.29. The van der Waals surface area contributed by atoms with Gasteiger partial charge in [-0.05, 0) is 79.0 Å². The van der Waals surface area contributed by atoms with E-state index in [2.05, 4.69) is 44.3 Å². The third-order valence-electron chi connectivity index (χ3n) is 5.41. The van der Waals surface area contributed by atoms with Crippen molar-refractivity contribution in [3.05, 3.63) is 63.7 Å². The van der Waals surface area contributed by atoms with Crippen LogP contribution in [-0.2, 0) is 12.8 Å². The highest BCUT2D eigenvalue weighted by molar-refractivity contribution is 5.96. The molecule has 0 bridgehead atoms. The van der Waals surface area contributed by atoms with Gasteiger partial charge < -0.3 is 10.1 Å². The minimum atomic E-state index is -0.0277. The summed E-state index contributed by atoms with van der Waals surface area (Å²) in [5.74, 6) is 1.12. The van der Waals surface area contributed by atoms with E-state index in [1.165, 1.54) is 29.5 Å². The Bertz CT molecular complexity index is 823. The fourth-order valence-corrected chi connectivity index (χ4v) is 3.79. The molecule has 0 aliphatic heterocycles. The highest BCUT2D eigenvalue weighted by atomic mass is 16.5. The molecule has 0 unspecified atom stereocenters. The number of amides is 1. The number of ether oxygens (including phenoxy) is 1. The van der Waals surface area contributed by atoms with Crippen LogP contribution in [0.3, 0.4) is 0 Å². The molecule has 0 heterocycles. The first-order chi connectivity index (χ1) is 12.4. The predicted molar refractivity (Wildman–Crippen MR) is 106 cm³/mol. The smallest absolute Gasteiger partial charge is 0.252 e. The summed E-state index contributed by atoms with van der Waals surface area (Å²) in [6.45, 7) is 8.24. The molecule has 3 rings (SSSR count). The first-order valence-electron chi connectivity index (χ1n) is 9.51. The SMILES string of the molecule is COc1cc(C)c(C(=O)N[C@@H](C)c2ccc3c(c2)CCC3)cc1C(C)C. The van der Waals surface area contributed by atoms with E-state index < -0.39 is 0 Å². The van der Waals surface area contributed by atoms with Gasteiger partial charge in [-0.2, -0.15) is 0 Å². The van der Waals surface area contributed by atoms with Crippen LogP contribution >= 0.6 is 0 Å². The van der Waals surface area contributed by atoms with Gasteiger partial charge in [0.25, 0.3) is 5.91 Å². The minimum absolute atomic E-state index is 0.0163. The highest BCUT2D eigenvalue weighted by Crippen LogP contribution is 2.30. The molecule has 0 saturated heterocycles. The lowest BCUT2D eigenvalue weighted by molar-refractivity contribution is 0.0939. The summed E-state index contributed by atoms with van der Waals surface area (Å²) < 4.78 is 5.48. The van der Waals surface area contributed by atoms with Crippen molar-refractivity contribution in [1.29, 1.82) is 0 Å². The monoisotopic (exact) mass is 351 g/mol. The van der Waals surface area contributed by atoms with Gasteiger partial charge in [0, 0.05) is 5.56 Å². The second kappa shape index (κ2) is 7.53. The van der Waals surface area contributed by atoms with Crippen LogP contribution in [0.25, 0.3) is 0 Å². The molecular formula is C23H29NO2. The number of nitrogens with one attached hydrogen (secondary N) is 1.